The highest BCUT2D eigenvalue weighted by Gasteiger charge is 2.15. The number of nitrogens with zero attached hydrogens (tertiary/aromatic N) is 1. The topological polar surface area (TPSA) is 42.2 Å². The lowest BCUT2D eigenvalue weighted by Crippen LogP contribution is -1.95. The Balaban J connectivity index is 2.38. The van der Waals surface area contributed by atoms with Gasteiger partial charge in [0.25, 0.3) is 0 Å². The molecule has 2 aromatic rings. The first-order valence-electron chi connectivity index (χ1n) is 5.45. The maximum absolute atomic E-state index is 13.7. The monoisotopic (exact) mass is 339 g/mol. The summed E-state index contributed by atoms with van der Waals surface area (Å²) in [4.78, 5) is 0. The van der Waals surface area contributed by atoms with Gasteiger partial charge in [0.2, 0.25) is 0 Å². The van der Waals surface area contributed by atoms with E-state index in [2.05, 4.69) is 15.9 Å². The molecule has 0 fully saturated rings. The fraction of sp³-hybridized carbons (Fsp3) is 0.0714. The minimum atomic E-state index is -0.940. The van der Waals surface area contributed by atoms with Crippen LogP contribution in [0, 0.1) is 23.0 Å². The predicted octanol–water partition coefficient (Wildman–Crippen LogP) is 4.40. The SMILES string of the molecule is COc1ccc(Oc2c(F)cc(C#N)cc2F)c(Br)c1. The summed E-state index contributed by atoms with van der Waals surface area (Å²) in [5, 5.41) is 8.62. The molecule has 0 aliphatic carbocycles. The van der Waals surface area contributed by atoms with Crippen LogP contribution in [0.3, 0.4) is 0 Å². The highest BCUT2D eigenvalue weighted by Crippen LogP contribution is 2.35. The number of methoxy groups -OCH3 is 1. The van der Waals surface area contributed by atoms with E-state index in [1.165, 1.54) is 13.2 Å². The molecule has 0 aliphatic heterocycles. The predicted molar refractivity (Wildman–Crippen MR) is 71.8 cm³/mol. The Kier molecular flexibility index (Phi) is 4.20. The molecule has 0 saturated heterocycles. The van der Waals surface area contributed by atoms with E-state index < -0.39 is 17.4 Å². The van der Waals surface area contributed by atoms with Crippen LogP contribution < -0.4 is 9.47 Å². The van der Waals surface area contributed by atoms with E-state index in [0.29, 0.717) is 10.2 Å². The lowest BCUT2D eigenvalue weighted by Gasteiger charge is -2.10. The van der Waals surface area contributed by atoms with Gasteiger partial charge in [-0.3, -0.25) is 0 Å². The van der Waals surface area contributed by atoms with E-state index in [-0.39, 0.29) is 11.3 Å². The van der Waals surface area contributed by atoms with E-state index in [1.54, 1.807) is 18.2 Å². The maximum atomic E-state index is 13.7. The minimum Gasteiger partial charge on any atom is -0.497 e. The van der Waals surface area contributed by atoms with Crippen LogP contribution in [0.5, 0.6) is 17.2 Å². The molecule has 2 rings (SSSR count). The molecule has 6 heteroatoms. The molecular weight excluding hydrogens is 332 g/mol. The van der Waals surface area contributed by atoms with E-state index in [1.807, 2.05) is 0 Å². The normalized spacial score (nSPS) is 9.95. The molecular formula is C14H8BrF2NO2. The second-order valence-corrected chi connectivity index (χ2v) is 4.63. The van der Waals surface area contributed by atoms with Gasteiger partial charge in [-0.25, -0.2) is 8.78 Å². The second-order valence-electron chi connectivity index (χ2n) is 3.78. The number of rotatable bonds is 3. The minimum absolute atomic E-state index is 0.110. The summed E-state index contributed by atoms with van der Waals surface area (Å²) >= 11 is 3.22. The second kappa shape index (κ2) is 5.88. The van der Waals surface area contributed by atoms with Gasteiger partial charge >= 0.3 is 0 Å². The molecule has 0 spiro atoms. The standard InChI is InChI=1S/C14H8BrF2NO2/c1-19-9-2-3-13(10(15)6-9)20-14-11(16)4-8(7-18)5-12(14)17/h2-6H,1H3. The quantitative estimate of drug-likeness (QED) is 0.832. The van der Waals surface area contributed by atoms with E-state index in [0.717, 1.165) is 12.1 Å². The number of nitriles is 1. The van der Waals surface area contributed by atoms with Gasteiger partial charge in [0.1, 0.15) is 11.5 Å². The summed E-state index contributed by atoms with van der Waals surface area (Å²) in [6.07, 6.45) is 0. The molecule has 20 heavy (non-hydrogen) atoms. The Morgan fingerprint density at radius 1 is 1.15 bits per heavy atom. The maximum Gasteiger partial charge on any atom is 0.198 e. The molecule has 102 valence electrons. The van der Waals surface area contributed by atoms with Crippen molar-refractivity contribution >= 4 is 15.9 Å². The van der Waals surface area contributed by atoms with Crippen molar-refractivity contribution in [1.82, 2.24) is 0 Å². The van der Waals surface area contributed by atoms with Crippen LogP contribution in [-0.4, -0.2) is 7.11 Å². The van der Waals surface area contributed by atoms with Gasteiger partial charge in [-0.1, -0.05) is 0 Å². The lowest BCUT2D eigenvalue weighted by atomic mass is 10.2. The Morgan fingerprint density at radius 3 is 2.30 bits per heavy atom. The van der Waals surface area contributed by atoms with Crippen LogP contribution in [0.2, 0.25) is 0 Å². The highest BCUT2D eigenvalue weighted by molar-refractivity contribution is 9.10. The summed E-state index contributed by atoms with van der Waals surface area (Å²) in [7, 11) is 1.50. The number of hydrogen-bond acceptors (Lipinski definition) is 3. The van der Waals surface area contributed by atoms with Crippen molar-refractivity contribution in [2.75, 3.05) is 7.11 Å². The van der Waals surface area contributed by atoms with Gasteiger partial charge in [-0.2, -0.15) is 5.26 Å². The Morgan fingerprint density at radius 2 is 1.80 bits per heavy atom. The van der Waals surface area contributed by atoms with Crippen LogP contribution in [0.25, 0.3) is 0 Å². The molecule has 0 bridgehead atoms. The van der Waals surface area contributed by atoms with Crippen molar-refractivity contribution < 1.29 is 18.3 Å². The summed E-state index contributed by atoms with van der Waals surface area (Å²) in [6, 6.07) is 8.21. The molecule has 0 atom stereocenters. The Hall–Kier alpha value is -2.13. The number of ether oxygens (including phenoxy) is 2. The van der Waals surface area contributed by atoms with E-state index in [4.69, 9.17) is 14.7 Å². The van der Waals surface area contributed by atoms with Gasteiger partial charge in [0, 0.05) is 0 Å². The van der Waals surface area contributed by atoms with Crippen molar-refractivity contribution in [3.8, 4) is 23.3 Å². The van der Waals surface area contributed by atoms with Crippen LogP contribution >= 0.6 is 15.9 Å². The molecule has 0 saturated carbocycles. The van der Waals surface area contributed by atoms with Crippen molar-refractivity contribution in [1.29, 1.82) is 5.26 Å². The fourth-order valence-corrected chi connectivity index (χ4v) is 1.96. The lowest BCUT2D eigenvalue weighted by molar-refractivity contribution is 0.399. The molecule has 0 aliphatic rings. The molecule has 0 unspecified atom stereocenters. The zero-order chi connectivity index (χ0) is 14.7. The summed E-state index contributed by atoms with van der Waals surface area (Å²) < 4.78 is 38.1. The molecule has 0 amide bonds. The molecule has 0 radical (unpaired) electrons. The molecule has 0 N–H and O–H groups in total. The van der Waals surface area contributed by atoms with Crippen molar-refractivity contribution in [2.24, 2.45) is 0 Å². The molecule has 3 nitrogen and oxygen atoms in total. The number of benzene rings is 2. The van der Waals surface area contributed by atoms with E-state index in [9.17, 15) is 8.78 Å². The van der Waals surface area contributed by atoms with Crippen LogP contribution in [0.4, 0.5) is 8.78 Å². The third-order valence-electron chi connectivity index (χ3n) is 2.48. The van der Waals surface area contributed by atoms with Crippen LogP contribution in [0.15, 0.2) is 34.8 Å². The molecule has 0 aromatic heterocycles. The Labute approximate surface area is 122 Å². The summed E-state index contributed by atoms with van der Waals surface area (Å²) in [5.41, 5.74) is -0.110. The zero-order valence-corrected chi connectivity index (χ0v) is 11.9. The van der Waals surface area contributed by atoms with Gasteiger partial charge in [0.05, 0.1) is 23.2 Å². The third kappa shape index (κ3) is 2.89. The summed E-state index contributed by atoms with van der Waals surface area (Å²) in [6.45, 7) is 0. The van der Waals surface area contributed by atoms with Gasteiger partial charge in [-0.05, 0) is 46.3 Å². The number of halogens is 3. The average molecular weight is 340 g/mol. The van der Waals surface area contributed by atoms with Crippen LogP contribution in [-0.2, 0) is 0 Å². The molecule has 0 heterocycles. The first-order chi connectivity index (χ1) is 9.55. The van der Waals surface area contributed by atoms with Crippen molar-refractivity contribution in [3.05, 3.63) is 52.0 Å². The number of hydrogen-bond donors (Lipinski definition) is 0. The Bertz CT molecular complexity index is 675. The van der Waals surface area contributed by atoms with Gasteiger partial charge in [-0.15, -0.1) is 0 Å². The molecule has 2 aromatic carbocycles. The van der Waals surface area contributed by atoms with E-state index >= 15 is 0 Å². The largest absolute Gasteiger partial charge is 0.497 e. The van der Waals surface area contributed by atoms with Gasteiger partial charge in [0.15, 0.2) is 17.4 Å². The highest BCUT2D eigenvalue weighted by atomic mass is 79.9. The van der Waals surface area contributed by atoms with Crippen LogP contribution in [0.1, 0.15) is 5.56 Å². The van der Waals surface area contributed by atoms with Crippen molar-refractivity contribution in [3.63, 3.8) is 0 Å². The van der Waals surface area contributed by atoms with Gasteiger partial charge < -0.3 is 9.47 Å². The zero-order valence-electron chi connectivity index (χ0n) is 10.3. The first kappa shape index (κ1) is 14.3. The fourth-order valence-electron chi connectivity index (χ4n) is 1.52. The third-order valence-corrected chi connectivity index (χ3v) is 3.10. The average Bonchev–Trinajstić information content (AvgIpc) is 2.43. The summed E-state index contributed by atoms with van der Waals surface area (Å²) in [5.74, 6) is -1.64. The van der Waals surface area contributed by atoms with Crippen molar-refractivity contribution in [2.45, 2.75) is 0 Å². The first-order valence-corrected chi connectivity index (χ1v) is 6.25. The smallest absolute Gasteiger partial charge is 0.198 e.